The molecular weight excluding hydrogens is 357 g/mol. The number of hydrogen-bond donors (Lipinski definition) is 2. The van der Waals surface area contributed by atoms with Gasteiger partial charge in [0.1, 0.15) is 5.69 Å². The molecule has 2 aromatic rings. The zero-order valence-electron chi connectivity index (χ0n) is 12.3. The number of fused-ring (bicyclic) bond motifs is 1. The number of nitrogens with two attached hydrogens (primary N) is 1. The Hall–Kier alpha value is -1.49. The molecule has 0 saturated heterocycles. The normalized spacial score (nSPS) is 15.6. The molecule has 4 nitrogen and oxygen atoms in total. The van der Waals surface area contributed by atoms with E-state index in [9.17, 15) is 4.79 Å². The smallest absolute Gasteiger partial charge is 0.270 e. The first-order chi connectivity index (χ1) is 10.1. The van der Waals surface area contributed by atoms with E-state index in [0.717, 1.165) is 30.5 Å². The zero-order valence-corrected chi connectivity index (χ0v) is 14.7. The van der Waals surface area contributed by atoms with Crippen molar-refractivity contribution in [2.24, 2.45) is 0 Å². The van der Waals surface area contributed by atoms with Crippen molar-refractivity contribution >= 4 is 48.0 Å². The second-order valence-corrected chi connectivity index (χ2v) is 5.67. The summed E-state index contributed by atoms with van der Waals surface area (Å²) in [7, 11) is 0. The first-order valence-electron chi connectivity index (χ1n) is 6.94. The molecule has 1 atom stereocenters. The number of nitrogen functional groups attached to an aromatic ring is 1. The van der Waals surface area contributed by atoms with E-state index < -0.39 is 0 Å². The van der Waals surface area contributed by atoms with Crippen LogP contribution in [0.25, 0.3) is 0 Å². The topological polar surface area (TPSA) is 68.0 Å². The van der Waals surface area contributed by atoms with Gasteiger partial charge in [-0.2, -0.15) is 0 Å². The fourth-order valence-electron chi connectivity index (χ4n) is 2.73. The lowest BCUT2D eigenvalue weighted by molar-refractivity contribution is 0.0927. The van der Waals surface area contributed by atoms with Crippen LogP contribution in [0.2, 0.25) is 5.02 Å². The number of nitrogens with one attached hydrogen (secondary N) is 1. The van der Waals surface area contributed by atoms with Crippen LogP contribution >= 0.6 is 36.4 Å². The molecule has 124 valence electrons. The van der Waals surface area contributed by atoms with Gasteiger partial charge in [-0.3, -0.25) is 4.79 Å². The summed E-state index contributed by atoms with van der Waals surface area (Å²) in [6.45, 7) is 0. The predicted octanol–water partition coefficient (Wildman–Crippen LogP) is 3.97. The standard InChI is InChI=1S/C16H16ClN3O.2ClH/c17-11-4-7-15(19-9-11)16(21)20-14-3-1-2-10-8-12(18)5-6-13(10)14;;/h4-9,14H,1-3,18H2,(H,20,21);2*1H. The molecule has 1 unspecified atom stereocenters. The Morgan fingerprint density at radius 2 is 2.04 bits per heavy atom. The summed E-state index contributed by atoms with van der Waals surface area (Å²) in [6, 6.07) is 9.19. The molecule has 1 heterocycles. The van der Waals surface area contributed by atoms with Crippen LogP contribution in [0.3, 0.4) is 0 Å². The van der Waals surface area contributed by atoms with Crippen LogP contribution in [0, 0.1) is 0 Å². The number of nitrogens with zero attached hydrogens (tertiary/aromatic N) is 1. The number of carbonyl (C=O) groups is 1. The monoisotopic (exact) mass is 373 g/mol. The number of halogens is 3. The lowest BCUT2D eigenvalue weighted by Gasteiger charge is -2.26. The van der Waals surface area contributed by atoms with E-state index in [2.05, 4.69) is 10.3 Å². The van der Waals surface area contributed by atoms with Crippen molar-refractivity contribution in [3.05, 3.63) is 58.4 Å². The van der Waals surface area contributed by atoms with Gasteiger partial charge >= 0.3 is 0 Å². The van der Waals surface area contributed by atoms with Crippen LogP contribution in [0.1, 0.15) is 40.5 Å². The van der Waals surface area contributed by atoms with E-state index in [1.165, 1.54) is 11.8 Å². The number of benzene rings is 1. The Labute approximate surface area is 152 Å². The first kappa shape index (κ1) is 19.6. The van der Waals surface area contributed by atoms with Gasteiger partial charge in [0.2, 0.25) is 0 Å². The van der Waals surface area contributed by atoms with Crippen LogP contribution in [0.15, 0.2) is 36.5 Å². The Morgan fingerprint density at radius 3 is 2.74 bits per heavy atom. The lowest BCUT2D eigenvalue weighted by atomic mass is 9.87. The minimum atomic E-state index is -0.179. The second kappa shape index (κ2) is 8.39. The Morgan fingerprint density at radius 1 is 1.26 bits per heavy atom. The average Bonchev–Trinajstić information content (AvgIpc) is 2.47. The average molecular weight is 375 g/mol. The third kappa shape index (κ3) is 4.50. The molecule has 0 bridgehead atoms. The third-order valence-electron chi connectivity index (χ3n) is 3.75. The number of amides is 1. The highest BCUT2D eigenvalue weighted by atomic mass is 35.5. The molecule has 0 radical (unpaired) electrons. The predicted molar refractivity (Wildman–Crippen MR) is 97.7 cm³/mol. The highest BCUT2D eigenvalue weighted by Gasteiger charge is 2.22. The Bertz CT molecular complexity index is 677. The van der Waals surface area contributed by atoms with Crippen molar-refractivity contribution in [3.8, 4) is 0 Å². The number of pyridine rings is 1. The maximum Gasteiger partial charge on any atom is 0.270 e. The Balaban J connectivity index is 0.00000132. The molecule has 7 heteroatoms. The maximum atomic E-state index is 12.3. The van der Waals surface area contributed by atoms with Gasteiger partial charge in [0, 0.05) is 11.9 Å². The molecule has 1 aliphatic carbocycles. The van der Waals surface area contributed by atoms with Crippen LogP contribution in [0.4, 0.5) is 5.69 Å². The lowest BCUT2D eigenvalue weighted by Crippen LogP contribution is -2.31. The van der Waals surface area contributed by atoms with Gasteiger partial charge in [-0.25, -0.2) is 4.98 Å². The largest absolute Gasteiger partial charge is 0.399 e. The molecule has 1 aromatic carbocycles. The fourth-order valence-corrected chi connectivity index (χ4v) is 2.84. The van der Waals surface area contributed by atoms with Crippen molar-refractivity contribution in [2.45, 2.75) is 25.3 Å². The Kier molecular flexibility index (Phi) is 7.13. The van der Waals surface area contributed by atoms with Gasteiger partial charge < -0.3 is 11.1 Å². The summed E-state index contributed by atoms with van der Waals surface area (Å²) >= 11 is 5.78. The number of aryl methyl sites for hydroxylation is 1. The molecule has 0 saturated carbocycles. The summed E-state index contributed by atoms with van der Waals surface area (Å²) in [5.74, 6) is -0.179. The molecule has 1 aliphatic rings. The summed E-state index contributed by atoms with van der Waals surface area (Å²) < 4.78 is 0. The molecule has 3 rings (SSSR count). The minimum absolute atomic E-state index is 0. The van der Waals surface area contributed by atoms with Crippen molar-refractivity contribution in [1.82, 2.24) is 10.3 Å². The van der Waals surface area contributed by atoms with Gasteiger partial charge in [-0.15, -0.1) is 24.8 Å². The summed E-state index contributed by atoms with van der Waals surface area (Å²) in [5, 5.41) is 3.56. The molecule has 0 spiro atoms. The van der Waals surface area contributed by atoms with Crippen LogP contribution in [-0.4, -0.2) is 10.9 Å². The molecule has 0 fully saturated rings. The molecule has 1 aromatic heterocycles. The zero-order chi connectivity index (χ0) is 14.8. The van der Waals surface area contributed by atoms with Crippen LogP contribution < -0.4 is 11.1 Å². The van der Waals surface area contributed by atoms with E-state index in [1.54, 1.807) is 12.1 Å². The van der Waals surface area contributed by atoms with E-state index in [0.29, 0.717) is 10.7 Å². The highest BCUT2D eigenvalue weighted by molar-refractivity contribution is 6.30. The van der Waals surface area contributed by atoms with Crippen molar-refractivity contribution in [3.63, 3.8) is 0 Å². The first-order valence-corrected chi connectivity index (χ1v) is 7.32. The van der Waals surface area contributed by atoms with Crippen LogP contribution in [-0.2, 0) is 6.42 Å². The molecular formula is C16H18Cl3N3O. The van der Waals surface area contributed by atoms with E-state index in [-0.39, 0.29) is 36.8 Å². The number of anilines is 1. The SMILES string of the molecule is Cl.Cl.Nc1ccc2c(c1)CCCC2NC(=O)c1ccc(Cl)cn1. The molecule has 1 amide bonds. The van der Waals surface area contributed by atoms with Crippen molar-refractivity contribution in [2.75, 3.05) is 5.73 Å². The van der Waals surface area contributed by atoms with E-state index in [4.69, 9.17) is 17.3 Å². The number of aromatic nitrogens is 1. The minimum Gasteiger partial charge on any atom is -0.399 e. The van der Waals surface area contributed by atoms with Gasteiger partial charge in [0.15, 0.2) is 0 Å². The quantitative estimate of drug-likeness (QED) is 0.782. The second-order valence-electron chi connectivity index (χ2n) is 5.24. The number of hydrogen-bond acceptors (Lipinski definition) is 3. The van der Waals surface area contributed by atoms with Gasteiger partial charge in [0.25, 0.3) is 5.91 Å². The van der Waals surface area contributed by atoms with Crippen molar-refractivity contribution < 1.29 is 4.79 Å². The summed E-state index contributed by atoms with van der Waals surface area (Å²) in [4.78, 5) is 16.3. The van der Waals surface area contributed by atoms with Gasteiger partial charge in [-0.05, 0) is 54.7 Å². The molecule has 0 aliphatic heterocycles. The van der Waals surface area contributed by atoms with Gasteiger partial charge in [-0.1, -0.05) is 17.7 Å². The third-order valence-corrected chi connectivity index (χ3v) is 3.97. The summed E-state index contributed by atoms with van der Waals surface area (Å²) in [5.41, 5.74) is 9.33. The molecule has 23 heavy (non-hydrogen) atoms. The number of rotatable bonds is 2. The van der Waals surface area contributed by atoms with Crippen molar-refractivity contribution in [1.29, 1.82) is 0 Å². The maximum absolute atomic E-state index is 12.3. The van der Waals surface area contributed by atoms with E-state index in [1.807, 2.05) is 18.2 Å². The fraction of sp³-hybridized carbons (Fsp3) is 0.250. The van der Waals surface area contributed by atoms with Crippen LogP contribution in [0.5, 0.6) is 0 Å². The number of carbonyl (C=O) groups excluding carboxylic acids is 1. The highest BCUT2D eigenvalue weighted by Crippen LogP contribution is 2.31. The summed E-state index contributed by atoms with van der Waals surface area (Å²) in [6.07, 6.45) is 4.45. The van der Waals surface area contributed by atoms with Gasteiger partial charge in [0.05, 0.1) is 11.1 Å². The molecule has 3 N–H and O–H groups in total. The van der Waals surface area contributed by atoms with E-state index >= 15 is 0 Å².